The number of nitrogens with zero attached hydrogens (tertiary/aromatic N) is 1. The topological polar surface area (TPSA) is 52.2 Å². The predicted octanol–water partition coefficient (Wildman–Crippen LogP) is 2.99. The zero-order valence-corrected chi connectivity index (χ0v) is 14.9. The number of rotatable bonds is 5. The van der Waals surface area contributed by atoms with Crippen LogP contribution in [0.25, 0.3) is 10.9 Å². The molecule has 0 aliphatic heterocycles. The summed E-state index contributed by atoms with van der Waals surface area (Å²) in [7, 11) is 1.77. The summed E-state index contributed by atoms with van der Waals surface area (Å²) in [5, 5.41) is 7.80. The van der Waals surface area contributed by atoms with Crippen LogP contribution < -0.4 is 10.6 Å². The molecule has 0 bridgehead atoms. The molecule has 21 heavy (non-hydrogen) atoms. The molecule has 3 N–H and O–H groups in total. The Bertz CT molecular complexity index is 616. The number of aromatic nitrogens is 1. The summed E-state index contributed by atoms with van der Waals surface area (Å²) in [6.45, 7) is 7.39. The Morgan fingerprint density at radius 1 is 1.38 bits per heavy atom. The molecule has 114 valence electrons. The molecule has 0 aliphatic carbocycles. The lowest BCUT2D eigenvalue weighted by molar-refractivity contribution is 0.824. The first kappa shape index (κ1) is 17.6. The molecule has 0 saturated carbocycles. The van der Waals surface area contributed by atoms with Crippen molar-refractivity contribution >= 4 is 40.8 Å². The number of aromatic amines is 1. The van der Waals surface area contributed by atoms with E-state index in [9.17, 15) is 0 Å². The molecule has 0 saturated heterocycles. The first-order chi connectivity index (χ1) is 9.76. The number of aryl methyl sites for hydroxylation is 1. The zero-order chi connectivity index (χ0) is 14.4. The van der Waals surface area contributed by atoms with E-state index in [4.69, 9.17) is 0 Å². The first-order valence-corrected chi connectivity index (χ1v) is 6.87. The highest BCUT2D eigenvalue weighted by Crippen LogP contribution is 2.22. The molecule has 1 aromatic carbocycles. The summed E-state index contributed by atoms with van der Waals surface area (Å²) in [4.78, 5) is 7.49. The number of hydrogen-bond acceptors (Lipinski definition) is 1. The van der Waals surface area contributed by atoms with Gasteiger partial charge in [0.2, 0.25) is 0 Å². The smallest absolute Gasteiger partial charge is 0.191 e. The Balaban J connectivity index is 0.00000220. The van der Waals surface area contributed by atoms with Crippen LogP contribution in [0.4, 0.5) is 0 Å². The number of benzene rings is 1. The van der Waals surface area contributed by atoms with Crippen LogP contribution in [-0.4, -0.2) is 31.1 Å². The quantitative estimate of drug-likeness (QED) is 0.314. The van der Waals surface area contributed by atoms with Crippen LogP contribution in [-0.2, 0) is 6.42 Å². The van der Waals surface area contributed by atoms with Gasteiger partial charge >= 0.3 is 0 Å². The SMILES string of the molecule is C=CCNC(=NC)NCCc1c[nH]c2cccc(C)c12.I. The molecule has 1 aromatic heterocycles. The largest absolute Gasteiger partial charge is 0.361 e. The zero-order valence-electron chi connectivity index (χ0n) is 12.6. The van der Waals surface area contributed by atoms with Gasteiger partial charge in [-0.1, -0.05) is 18.2 Å². The molecular formula is C16H23IN4. The molecule has 1 heterocycles. The van der Waals surface area contributed by atoms with Crippen LogP contribution in [0.2, 0.25) is 0 Å². The van der Waals surface area contributed by atoms with Crippen molar-refractivity contribution in [2.45, 2.75) is 13.3 Å². The van der Waals surface area contributed by atoms with E-state index in [-0.39, 0.29) is 24.0 Å². The average Bonchev–Trinajstić information content (AvgIpc) is 2.87. The Kier molecular flexibility index (Phi) is 7.28. The van der Waals surface area contributed by atoms with Crippen molar-refractivity contribution in [3.63, 3.8) is 0 Å². The highest BCUT2D eigenvalue weighted by Gasteiger charge is 2.05. The summed E-state index contributed by atoms with van der Waals surface area (Å²) in [5.74, 6) is 0.807. The molecule has 5 heteroatoms. The predicted molar refractivity (Wildman–Crippen MR) is 102 cm³/mol. The maximum Gasteiger partial charge on any atom is 0.191 e. The van der Waals surface area contributed by atoms with Crippen LogP contribution >= 0.6 is 24.0 Å². The Morgan fingerprint density at radius 2 is 2.19 bits per heavy atom. The molecule has 0 amide bonds. The van der Waals surface area contributed by atoms with E-state index in [0.717, 1.165) is 18.9 Å². The normalized spacial score (nSPS) is 11.0. The molecule has 0 fully saturated rings. The van der Waals surface area contributed by atoms with Gasteiger partial charge in [-0.15, -0.1) is 30.6 Å². The van der Waals surface area contributed by atoms with Crippen molar-refractivity contribution in [1.82, 2.24) is 15.6 Å². The van der Waals surface area contributed by atoms with E-state index in [0.29, 0.717) is 6.54 Å². The minimum atomic E-state index is 0. The Morgan fingerprint density at radius 3 is 2.90 bits per heavy atom. The second-order valence-corrected chi connectivity index (χ2v) is 4.73. The molecule has 0 spiro atoms. The van der Waals surface area contributed by atoms with Crippen molar-refractivity contribution in [3.05, 3.63) is 48.2 Å². The second kappa shape index (κ2) is 8.71. The number of guanidine groups is 1. The summed E-state index contributed by atoms with van der Waals surface area (Å²) >= 11 is 0. The monoisotopic (exact) mass is 398 g/mol. The average molecular weight is 398 g/mol. The highest BCUT2D eigenvalue weighted by molar-refractivity contribution is 14.0. The third kappa shape index (κ3) is 4.49. The van der Waals surface area contributed by atoms with E-state index in [2.05, 4.69) is 58.5 Å². The van der Waals surface area contributed by atoms with Crippen molar-refractivity contribution in [2.24, 2.45) is 4.99 Å². The number of hydrogen-bond donors (Lipinski definition) is 3. The number of fused-ring (bicyclic) bond motifs is 1. The van der Waals surface area contributed by atoms with E-state index >= 15 is 0 Å². The first-order valence-electron chi connectivity index (χ1n) is 6.87. The molecule has 0 aliphatic rings. The van der Waals surface area contributed by atoms with Crippen LogP contribution in [0, 0.1) is 6.92 Å². The van der Waals surface area contributed by atoms with Gasteiger partial charge in [0.05, 0.1) is 0 Å². The minimum Gasteiger partial charge on any atom is -0.361 e. The lowest BCUT2D eigenvalue weighted by Crippen LogP contribution is -2.38. The van der Waals surface area contributed by atoms with Crippen molar-refractivity contribution < 1.29 is 0 Å². The second-order valence-electron chi connectivity index (χ2n) is 4.73. The maximum atomic E-state index is 4.16. The van der Waals surface area contributed by atoms with Gasteiger partial charge in [-0.25, -0.2) is 0 Å². The lowest BCUT2D eigenvalue weighted by Gasteiger charge is -2.10. The summed E-state index contributed by atoms with van der Waals surface area (Å²) in [6.07, 6.45) is 4.87. The van der Waals surface area contributed by atoms with E-state index in [1.54, 1.807) is 7.05 Å². The van der Waals surface area contributed by atoms with E-state index < -0.39 is 0 Å². The van der Waals surface area contributed by atoms with Gasteiger partial charge in [0, 0.05) is 37.2 Å². The number of nitrogens with one attached hydrogen (secondary N) is 3. The van der Waals surface area contributed by atoms with Gasteiger partial charge in [-0.05, 0) is 30.5 Å². The van der Waals surface area contributed by atoms with Gasteiger partial charge in [0.25, 0.3) is 0 Å². The third-order valence-electron chi connectivity index (χ3n) is 3.32. The van der Waals surface area contributed by atoms with E-state index in [1.165, 1.54) is 22.0 Å². The summed E-state index contributed by atoms with van der Waals surface area (Å²) < 4.78 is 0. The Labute approximate surface area is 143 Å². The third-order valence-corrected chi connectivity index (χ3v) is 3.32. The molecule has 0 unspecified atom stereocenters. The highest BCUT2D eigenvalue weighted by atomic mass is 127. The Hall–Kier alpha value is -1.50. The minimum absolute atomic E-state index is 0. The molecular weight excluding hydrogens is 375 g/mol. The fourth-order valence-corrected chi connectivity index (χ4v) is 2.35. The molecule has 4 nitrogen and oxygen atoms in total. The maximum absolute atomic E-state index is 4.16. The van der Waals surface area contributed by atoms with Crippen molar-refractivity contribution in [1.29, 1.82) is 0 Å². The van der Waals surface area contributed by atoms with Gasteiger partial charge in [0.15, 0.2) is 5.96 Å². The molecule has 2 aromatic rings. The van der Waals surface area contributed by atoms with Gasteiger partial charge in [-0.2, -0.15) is 0 Å². The van der Waals surface area contributed by atoms with Crippen LogP contribution in [0.3, 0.4) is 0 Å². The molecule has 0 radical (unpaired) electrons. The lowest BCUT2D eigenvalue weighted by atomic mass is 10.1. The van der Waals surface area contributed by atoms with Gasteiger partial charge in [-0.3, -0.25) is 4.99 Å². The fourth-order valence-electron chi connectivity index (χ4n) is 2.35. The van der Waals surface area contributed by atoms with Crippen LogP contribution in [0.1, 0.15) is 11.1 Å². The number of halogens is 1. The standard InChI is InChI=1S/C16H22N4.HI/c1-4-9-18-16(17-3)19-10-8-13-11-20-14-7-5-6-12(2)15(13)14;/h4-7,11,20H,1,8-10H2,2-3H3,(H2,17,18,19);1H. The van der Waals surface area contributed by atoms with Crippen molar-refractivity contribution in [2.75, 3.05) is 20.1 Å². The number of H-pyrrole nitrogens is 1. The molecule has 2 rings (SSSR count). The summed E-state index contributed by atoms with van der Waals surface area (Å²) in [5.41, 5.74) is 3.85. The summed E-state index contributed by atoms with van der Waals surface area (Å²) in [6, 6.07) is 6.35. The van der Waals surface area contributed by atoms with Crippen LogP contribution in [0.5, 0.6) is 0 Å². The van der Waals surface area contributed by atoms with E-state index in [1.807, 2.05) is 6.08 Å². The molecule has 0 atom stereocenters. The van der Waals surface area contributed by atoms with Crippen LogP contribution in [0.15, 0.2) is 42.0 Å². The van der Waals surface area contributed by atoms with Crippen molar-refractivity contribution in [3.8, 4) is 0 Å². The fraction of sp³-hybridized carbons (Fsp3) is 0.312. The van der Waals surface area contributed by atoms with Gasteiger partial charge < -0.3 is 15.6 Å². The van der Waals surface area contributed by atoms with Gasteiger partial charge in [0.1, 0.15) is 0 Å². The number of aliphatic imine (C=N–C) groups is 1.